The van der Waals surface area contributed by atoms with Gasteiger partial charge in [-0.05, 0) is 37.8 Å². The molecule has 3 amide bonds. The van der Waals surface area contributed by atoms with E-state index in [1.165, 1.54) is 6.07 Å². The number of benzene rings is 1. The number of nitrogens with one attached hydrogen (secondary N) is 2. The van der Waals surface area contributed by atoms with Crippen molar-refractivity contribution in [1.29, 1.82) is 0 Å². The van der Waals surface area contributed by atoms with E-state index in [-0.39, 0.29) is 16.7 Å². The van der Waals surface area contributed by atoms with Gasteiger partial charge in [0.25, 0.3) is 5.91 Å². The Balaban J connectivity index is 2.69. The van der Waals surface area contributed by atoms with Crippen LogP contribution in [0.15, 0.2) is 24.3 Å². The summed E-state index contributed by atoms with van der Waals surface area (Å²) >= 11 is 0. The molecule has 1 aromatic carbocycles. The van der Waals surface area contributed by atoms with Crippen molar-refractivity contribution in [3.63, 3.8) is 0 Å². The van der Waals surface area contributed by atoms with Gasteiger partial charge in [0.1, 0.15) is 0 Å². The molecule has 6 heteroatoms. The fraction of sp³-hybridized carbons (Fsp3) is 0.471. The third-order valence-corrected chi connectivity index (χ3v) is 3.06. The van der Waals surface area contributed by atoms with Crippen molar-refractivity contribution < 1.29 is 14.4 Å². The second kappa shape index (κ2) is 6.81. The molecule has 0 aliphatic heterocycles. The lowest BCUT2D eigenvalue weighted by atomic mass is 9.82. The number of carbonyl (C=O) groups is 3. The van der Waals surface area contributed by atoms with Crippen molar-refractivity contribution in [3.8, 4) is 0 Å². The van der Waals surface area contributed by atoms with E-state index >= 15 is 0 Å². The number of para-hydroxylation sites is 1. The molecule has 0 fully saturated rings. The van der Waals surface area contributed by atoms with E-state index in [2.05, 4.69) is 10.6 Å². The molecule has 0 spiro atoms. The summed E-state index contributed by atoms with van der Waals surface area (Å²) in [5, 5.41) is 4.70. The minimum absolute atomic E-state index is 0.0123. The predicted octanol–water partition coefficient (Wildman–Crippen LogP) is 1.86. The zero-order chi connectivity index (χ0) is 17.8. The van der Waals surface area contributed by atoms with E-state index in [9.17, 15) is 14.4 Å². The molecule has 0 bridgehead atoms. The van der Waals surface area contributed by atoms with E-state index in [1.807, 2.05) is 34.6 Å². The first kappa shape index (κ1) is 18.7. The zero-order valence-corrected chi connectivity index (χ0v) is 14.3. The molecule has 0 aromatic heterocycles. The summed E-state index contributed by atoms with van der Waals surface area (Å²) in [6.45, 7) is 9.80. The van der Waals surface area contributed by atoms with E-state index in [0.29, 0.717) is 6.42 Å². The average Bonchev–Trinajstić information content (AvgIpc) is 2.35. The molecular weight excluding hydrogens is 294 g/mol. The first-order chi connectivity index (χ1) is 10.4. The monoisotopic (exact) mass is 319 g/mol. The van der Waals surface area contributed by atoms with E-state index in [1.54, 1.807) is 18.2 Å². The molecule has 6 nitrogen and oxygen atoms in total. The van der Waals surface area contributed by atoms with E-state index in [4.69, 9.17) is 5.73 Å². The molecule has 0 heterocycles. The fourth-order valence-corrected chi connectivity index (χ4v) is 2.67. The Kier molecular flexibility index (Phi) is 5.53. The second-order valence-electron chi connectivity index (χ2n) is 7.45. The highest BCUT2D eigenvalue weighted by atomic mass is 16.2. The van der Waals surface area contributed by atoms with Gasteiger partial charge in [0.2, 0.25) is 0 Å². The average molecular weight is 319 g/mol. The summed E-state index contributed by atoms with van der Waals surface area (Å²) in [6.07, 6.45) is 0.679. The predicted molar refractivity (Wildman–Crippen MR) is 89.6 cm³/mol. The third-order valence-electron chi connectivity index (χ3n) is 3.06. The Morgan fingerprint density at radius 1 is 1.00 bits per heavy atom. The number of nitrogen functional groups attached to an aromatic ring is 1. The molecule has 0 radical (unpaired) electrons. The number of hydrogen-bond acceptors (Lipinski definition) is 4. The van der Waals surface area contributed by atoms with Crippen molar-refractivity contribution in [1.82, 2.24) is 10.6 Å². The largest absolute Gasteiger partial charge is 0.398 e. The quantitative estimate of drug-likeness (QED) is 0.584. The first-order valence-electron chi connectivity index (χ1n) is 7.44. The zero-order valence-electron chi connectivity index (χ0n) is 14.3. The SMILES string of the molecule is CC(C)(C)CC(C)(C)NC(=O)C(=O)NC(=O)c1ccccc1N. The summed E-state index contributed by atoms with van der Waals surface area (Å²) in [5.41, 5.74) is 5.49. The number of imide groups is 1. The van der Waals surface area contributed by atoms with Crippen LogP contribution in [0, 0.1) is 5.41 Å². The lowest BCUT2D eigenvalue weighted by Gasteiger charge is -2.33. The number of anilines is 1. The number of rotatable bonds is 3. The van der Waals surface area contributed by atoms with Crippen LogP contribution in [-0.4, -0.2) is 23.3 Å². The maximum atomic E-state index is 12.0. The summed E-state index contributed by atoms with van der Waals surface area (Å²) in [6, 6.07) is 6.34. The summed E-state index contributed by atoms with van der Waals surface area (Å²) in [5.74, 6) is -2.54. The van der Waals surface area contributed by atoms with Gasteiger partial charge in [-0.2, -0.15) is 0 Å². The molecule has 0 aliphatic rings. The van der Waals surface area contributed by atoms with Gasteiger partial charge in [-0.3, -0.25) is 19.7 Å². The van der Waals surface area contributed by atoms with Crippen molar-refractivity contribution in [3.05, 3.63) is 29.8 Å². The molecule has 126 valence electrons. The summed E-state index contributed by atoms with van der Waals surface area (Å²) < 4.78 is 0. The lowest BCUT2D eigenvalue weighted by molar-refractivity contribution is -0.139. The molecule has 4 N–H and O–H groups in total. The van der Waals surface area contributed by atoms with Crippen molar-refractivity contribution in [2.45, 2.75) is 46.6 Å². The normalized spacial score (nSPS) is 11.7. The lowest BCUT2D eigenvalue weighted by Crippen LogP contribution is -2.52. The number of hydrogen-bond donors (Lipinski definition) is 3. The Morgan fingerprint density at radius 3 is 2.09 bits per heavy atom. The molecule has 1 rings (SSSR count). The van der Waals surface area contributed by atoms with E-state index < -0.39 is 23.3 Å². The van der Waals surface area contributed by atoms with Gasteiger partial charge in [-0.25, -0.2) is 0 Å². The standard InChI is InChI=1S/C17H25N3O3/c1-16(2,3)10-17(4,5)20-15(23)14(22)19-13(21)11-8-6-7-9-12(11)18/h6-9H,10,18H2,1-5H3,(H,20,23)(H,19,21,22). The van der Waals surface area contributed by atoms with Gasteiger partial charge in [-0.15, -0.1) is 0 Å². The van der Waals surface area contributed by atoms with Gasteiger partial charge >= 0.3 is 11.8 Å². The molecule has 23 heavy (non-hydrogen) atoms. The van der Waals surface area contributed by atoms with Crippen LogP contribution in [0.4, 0.5) is 5.69 Å². The van der Waals surface area contributed by atoms with E-state index in [0.717, 1.165) is 0 Å². The van der Waals surface area contributed by atoms with Crippen LogP contribution in [0.5, 0.6) is 0 Å². The number of carbonyl (C=O) groups excluding carboxylic acids is 3. The molecule has 0 unspecified atom stereocenters. The molecule has 0 aliphatic carbocycles. The Labute approximate surface area is 136 Å². The highest BCUT2D eigenvalue weighted by Gasteiger charge is 2.29. The van der Waals surface area contributed by atoms with Crippen LogP contribution < -0.4 is 16.4 Å². The number of amides is 3. The second-order valence-corrected chi connectivity index (χ2v) is 7.45. The minimum Gasteiger partial charge on any atom is -0.398 e. The Hall–Kier alpha value is -2.37. The topological polar surface area (TPSA) is 101 Å². The van der Waals surface area contributed by atoms with Gasteiger partial charge in [0.15, 0.2) is 0 Å². The van der Waals surface area contributed by atoms with Crippen LogP contribution in [0.2, 0.25) is 0 Å². The molecule has 0 atom stereocenters. The molecule has 0 saturated carbocycles. The highest BCUT2D eigenvalue weighted by molar-refractivity contribution is 6.38. The van der Waals surface area contributed by atoms with Crippen molar-refractivity contribution in [2.75, 3.05) is 5.73 Å². The van der Waals surface area contributed by atoms with Crippen LogP contribution in [0.1, 0.15) is 51.4 Å². The van der Waals surface area contributed by atoms with Crippen LogP contribution >= 0.6 is 0 Å². The maximum Gasteiger partial charge on any atom is 0.316 e. The van der Waals surface area contributed by atoms with Gasteiger partial charge < -0.3 is 11.1 Å². The Bertz CT molecular complexity index is 616. The molecule has 1 aromatic rings. The van der Waals surface area contributed by atoms with Crippen LogP contribution in [0.3, 0.4) is 0 Å². The van der Waals surface area contributed by atoms with Crippen LogP contribution in [-0.2, 0) is 9.59 Å². The number of nitrogens with two attached hydrogens (primary N) is 1. The molecule has 0 saturated heterocycles. The van der Waals surface area contributed by atoms with Gasteiger partial charge in [0, 0.05) is 11.2 Å². The van der Waals surface area contributed by atoms with Gasteiger partial charge in [0.05, 0.1) is 5.56 Å². The van der Waals surface area contributed by atoms with Crippen LogP contribution in [0.25, 0.3) is 0 Å². The van der Waals surface area contributed by atoms with Gasteiger partial charge in [-0.1, -0.05) is 32.9 Å². The third kappa shape index (κ3) is 6.10. The fourth-order valence-electron chi connectivity index (χ4n) is 2.67. The minimum atomic E-state index is -1.000. The maximum absolute atomic E-state index is 12.0. The highest BCUT2D eigenvalue weighted by Crippen LogP contribution is 2.26. The Morgan fingerprint density at radius 2 is 1.57 bits per heavy atom. The first-order valence-corrected chi connectivity index (χ1v) is 7.44. The summed E-state index contributed by atoms with van der Waals surface area (Å²) in [4.78, 5) is 35.9. The summed E-state index contributed by atoms with van der Waals surface area (Å²) in [7, 11) is 0. The van der Waals surface area contributed by atoms with Crippen molar-refractivity contribution >= 4 is 23.4 Å². The molecular formula is C17H25N3O3. The van der Waals surface area contributed by atoms with Crippen molar-refractivity contribution in [2.24, 2.45) is 5.41 Å². The smallest absolute Gasteiger partial charge is 0.316 e.